The van der Waals surface area contributed by atoms with Crippen LogP contribution in [-0.2, 0) is 17.8 Å². The van der Waals surface area contributed by atoms with E-state index in [2.05, 4.69) is 16.4 Å². The lowest BCUT2D eigenvalue weighted by atomic mass is 10.2. The maximum Gasteiger partial charge on any atom is 0.167 e. The summed E-state index contributed by atoms with van der Waals surface area (Å²) >= 11 is 0. The van der Waals surface area contributed by atoms with Crippen molar-refractivity contribution >= 4 is 11.9 Å². The van der Waals surface area contributed by atoms with Gasteiger partial charge in [-0.05, 0) is 18.1 Å². The molecule has 6 nitrogen and oxygen atoms in total. The molecule has 2 aromatic heterocycles. The molecule has 0 saturated heterocycles. The number of hydrogen-bond acceptors (Lipinski definition) is 5. The van der Waals surface area contributed by atoms with Crippen molar-refractivity contribution in [3.63, 3.8) is 0 Å². The van der Waals surface area contributed by atoms with Crippen molar-refractivity contribution in [1.82, 2.24) is 14.7 Å². The van der Waals surface area contributed by atoms with Gasteiger partial charge in [-0.25, -0.2) is 4.98 Å². The number of carbonyl (C=O) groups excluding carboxylic acids is 1. The zero-order valence-corrected chi connectivity index (χ0v) is 11.1. The summed E-state index contributed by atoms with van der Waals surface area (Å²) in [7, 11) is 0. The number of nitrogens with one attached hydrogen (secondary N) is 1. The van der Waals surface area contributed by atoms with Gasteiger partial charge in [0.15, 0.2) is 11.9 Å². The van der Waals surface area contributed by atoms with E-state index in [-0.39, 0.29) is 5.70 Å². The summed E-state index contributed by atoms with van der Waals surface area (Å²) < 4.78 is 1.85. The highest BCUT2D eigenvalue weighted by Gasteiger charge is 2.07. The second-order valence-corrected chi connectivity index (χ2v) is 4.33. The highest BCUT2D eigenvalue weighted by Crippen LogP contribution is 2.14. The fourth-order valence-electron chi connectivity index (χ4n) is 1.88. The number of carbonyl (C=O) groups is 1. The third-order valence-electron chi connectivity index (χ3n) is 2.87. The molecule has 0 aliphatic rings. The first-order valence-electron chi connectivity index (χ1n) is 6.22. The lowest BCUT2D eigenvalue weighted by Gasteiger charge is -2.00. The van der Waals surface area contributed by atoms with E-state index in [9.17, 15) is 4.79 Å². The summed E-state index contributed by atoms with van der Waals surface area (Å²) in [5, 5.41) is 12.1. The van der Waals surface area contributed by atoms with Gasteiger partial charge in [-0.15, -0.1) is 0 Å². The van der Waals surface area contributed by atoms with E-state index in [4.69, 9.17) is 11.0 Å². The van der Waals surface area contributed by atoms with Crippen LogP contribution in [0.15, 0.2) is 30.4 Å². The molecule has 2 aromatic rings. The van der Waals surface area contributed by atoms with Crippen LogP contribution in [-0.4, -0.2) is 15.7 Å². The number of pyridine rings is 1. The van der Waals surface area contributed by atoms with Crippen molar-refractivity contribution in [3.8, 4) is 6.07 Å². The molecule has 0 amide bonds. The van der Waals surface area contributed by atoms with E-state index in [0.29, 0.717) is 24.0 Å². The van der Waals surface area contributed by atoms with Crippen LogP contribution in [0.5, 0.6) is 0 Å². The third kappa shape index (κ3) is 2.78. The van der Waals surface area contributed by atoms with Crippen LogP contribution in [0.2, 0.25) is 0 Å². The van der Waals surface area contributed by atoms with Gasteiger partial charge in [-0.2, -0.15) is 5.26 Å². The molecule has 0 radical (unpaired) electrons. The van der Waals surface area contributed by atoms with Gasteiger partial charge < -0.3 is 15.5 Å². The van der Waals surface area contributed by atoms with Gasteiger partial charge in [-0.1, -0.05) is 6.92 Å². The number of allylic oxidation sites excluding steroid dienone is 1. The first-order valence-corrected chi connectivity index (χ1v) is 6.22. The summed E-state index contributed by atoms with van der Waals surface area (Å²) in [6.07, 6.45) is 6.67. The van der Waals surface area contributed by atoms with E-state index in [1.807, 2.05) is 29.8 Å². The molecule has 102 valence electrons. The molecule has 0 bridgehead atoms. The number of nitrogens with zero attached hydrogens (tertiary/aromatic N) is 3. The Balaban J connectivity index is 2.29. The molecule has 0 saturated carbocycles. The zero-order valence-electron chi connectivity index (χ0n) is 11.1. The number of aromatic nitrogens is 2. The molecule has 0 unspecified atom stereocenters. The average molecular weight is 269 g/mol. The fraction of sp³-hybridized carbons (Fsp3) is 0.214. The molecule has 0 fully saturated rings. The van der Waals surface area contributed by atoms with Crippen LogP contribution in [0.1, 0.15) is 23.7 Å². The number of nitrogens with two attached hydrogens (primary N) is 1. The van der Waals surface area contributed by atoms with Crippen molar-refractivity contribution in [1.29, 1.82) is 5.26 Å². The Morgan fingerprint density at radius 1 is 1.60 bits per heavy atom. The van der Waals surface area contributed by atoms with Crippen molar-refractivity contribution < 1.29 is 4.79 Å². The standard InChI is InChI=1S/C14H15N5O/c1-2-10-3-11(4-15)14-18-13(8-19(14)7-10)6-17-5-12(16)9-20/h3,5,7-9,17H,2,6,16H2,1H3/b12-5-. The van der Waals surface area contributed by atoms with Gasteiger partial charge in [0.1, 0.15) is 6.07 Å². The second-order valence-electron chi connectivity index (χ2n) is 4.33. The zero-order chi connectivity index (χ0) is 14.5. The van der Waals surface area contributed by atoms with Crippen molar-refractivity contribution in [2.24, 2.45) is 5.73 Å². The summed E-state index contributed by atoms with van der Waals surface area (Å²) in [5.74, 6) is 0. The Kier molecular flexibility index (Phi) is 4.01. The molecule has 6 heteroatoms. The maximum absolute atomic E-state index is 10.4. The van der Waals surface area contributed by atoms with Crippen LogP contribution in [0.25, 0.3) is 5.65 Å². The Bertz CT molecular complexity index is 708. The summed E-state index contributed by atoms with van der Waals surface area (Å²) in [6, 6.07) is 4.01. The van der Waals surface area contributed by atoms with Crippen LogP contribution < -0.4 is 11.1 Å². The smallest absolute Gasteiger partial charge is 0.167 e. The first kappa shape index (κ1) is 13.6. The number of rotatable bonds is 5. The minimum absolute atomic E-state index is 0.125. The van der Waals surface area contributed by atoms with Crippen molar-refractivity contribution in [3.05, 3.63) is 47.2 Å². The molecule has 0 spiro atoms. The maximum atomic E-state index is 10.4. The molecule has 0 aliphatic heterocycles. The molecule has 0 aromatic carbocycles. The van der Waals surface area contributed by atoms with Crippen molar-refractivity contribution in [2.45, 2.75) is 19.9 Å². The molecule has 20 heavy (non-hydrogen) atoms. The number of aldehydes is 1. The van der Waals surface area contributed by atoms with E-state index < -0.39 is 0 Å². The number of aryl methyl sites for hydroxylation is 1. The number of imidazole rings is 1. The molecular formula is C14H15N5O. The summed E-state index contributed by atoms with van der Waals surface area (Å²) in [4.78, 5) is 14.8. The first-order chi connectivity index (χ1) is 9.67. The number of nitriles is 1. The second kappa shape index (κ2) is 5.89. The van der Waals surface area contributed by atoms with Gasteiger partial charge in [0.2, 0.25) is 0 Å². The van der Waals surface area contributed by atoms with Crippen LogP contribution >= 0.6 is 0 Å². The molecule has 0 atom stereocenters. The van der Waals surface area contributed by atoms with Gasteiger partial charge in [0.05, 0.1) is 23.5 Å². The Labute approximate surface area is 116 Å². The highest BCUT2D eigenvalue weighted by atomic mass is 16.1. The lowest BCUT2D eigenvalue weighted by Crippen LogP contribution is -2.10. The lowest BCUT2D eigenvalue weighted by molar-refractivity contribution is -0.105. The van der Waals surface area contributed by atoms with Gasteiger partial charge in [-0.3, -0.25) is 4.79 Å². The highest BCUT2D eigenvalue weighted by molar-refractivity contribution is 5.71. The molecule has 2 rings (SSSR count). The number of hydrogen-bond donors (Lipinski definition) is 2. The quantitative estimate of drug-likeness (QED) is 0.620. The van der Waals surface area contributed by atoms with Crippen LogP contribution in [0.4, 0.5) is 0 Å². The molecule has 0 aliphatic carbocycles. The molecule has 3 N–H and O–H groups in total. The van der Waals surface area contributed by atoms with E-state index >= 15 is 0 Å². The minimum atomic E-state index is 0.125. The van der Waals surface area contributed by atoms with Gasteiger partial charge in [0, 0.05) is 18.6 Å². The van der Waals surface area contributed by atoms with E-state index in [1.165, 1.54) is 6.20 Å². The SMILES string of the molecule is CCc1cc(C#N)c2nc(CN/C=C(\N)C=O)cn2c1. The van der Waals surface area contributed by atoms with Gasteiger partial charge >= 0.3 is 0 Å². The van der Waals surface area contributed by atoms with E-state index in [1.54, 1.807) is 0 Å². The van der Waals surface area contributed by atoms with Crippen LogP contribution in [0.3, 0.4) is 0 Å². The predicted molar refractivity (Wildman–Crippen MR) is 74.5 cm³/mol. The topological polar surface area (TPSA) is 96.2 Å². The minimum Gasteiger partial charge on any atom is -0.395 e. The Morgan fingerprint density at radius 2 is 2.40 bits per heavy atom. The van der Waals surface area contributed by atoms with Crippen LogP contribution in [0, 0.1) is 11.3 Å². The Hall–Kier alpha value is -2.81. The Morgan fingerprint density at radius 3 is 3.05 bits per heavy atom. The predicted octanol–water partition coefficient (Wildman–Crippen LogP) is 0.857. The summed E-state index contributed by atoms with van der Waals surface area (Å²) in [6.45, 7) is 2.47. The third-order valence-corrected chi connectivity index (χ3v) is 2.87. The van der Waals surface area contributed by atoms with Gasteiger partial charge in [0.25, 0.3) is 0 Å². The van der Waals surface area contributed by atoms with E-state index in [0.717, 1.165) is 17.7 Å². The number of fused-ring (bicyclic) bond motifs is 1. The normalized spacial score (nSPS) is 11.3. The fourth-order valence-corrected chi connectivity index (χ4v) is 1.88. The monoisotopic (exact) mass is 269 g/mol. The average Bonchev–Trinajstić information content (AvgIpc) is 2.88. The molecular weight excluding hydrogens is 254 g/mol. The molecule has 2 heterocycles. The largest absolute Gasteiger partial charge is 0.395 e. The summed E-state index contributed by atoms with van der Waals surface area (Å²) in [5.41, 5.74) is 8.52. The van der Waals surface area contributed by atoms with Crippen molar-refractivity contribution in [2.75, 3.05) is 0 Å².